The van der Waals surface area contributed by atoms with Gasteiger partial charge in [-0.15, -0.1) is 0 Å². The van der Waals surface area contributed by atoms with Gasteiger partial charge in [0.25, 0.3) is 0 Å². The van der Waals surface area contributed by atoms with E-state index >= 15 is 0 Å². The van der Waals surface area contributed by atoms with Crippen molar-refractivity contribution in [1.29, 1.82) is 0 Å². The van der Waals surface area contributed by atoms with Crippen molar-refractivity contribution in [2.24, 2.45) is 7.05 Å². The minimum absolute atomic E-state index is 0.591. The monoisotopic (exact) mass is 334 g/mol. The molecule has 130 valence electrons. The van der Waals surface area contributed by atoms with Gasteiger partial charge >= 0.3 is 0 Å². The maximum absolute atomic E-state index is 4.72. The Hall–Kier alpha value is -2.07. The van der Waals surface area contributed by atoms with Crippen molar-refractivity contribution in [3.63, 3.8) is 0 Å². The van der Waals surface area contributed by atoms with E-state index in [2.05, 4.69) is 64.7 Å². The van der Waals surface area contributed by atoms with E-state index in [0.717, 1.165) is 19.0 Å². The van der Waals surface area contributed by atoms with Crippen molar-refractivity contribution in [3.05, 3.63) is 53.7 Å². The number of hydrogen-bond donors (Lipinski definition) is 0. The Bertz CT molecular complexity index is 915. The van der Waals surface area contributed by atoms with Gasteiger partial charge in [0, 0.05) is 67.6 Å². The fourth-order valence-corrected chi connectivity index (χ4v) is 4.54. The van der Waals surface area contributed by atoms with Crippen LogP contribution in [0.2, 0.25) is 0 Å². The van der Waals surface area contributed by atoms with Crippen molar-refractivity contribution in [2.45, 2.75) is 44.7 Å². The van der Waals surface area contributed by atoms with Crippen LogP contribution in [0.4, 0.5) is 0 Å². The van der Waals surface area contributed by atoms with E-state index in [4.69, 9.17) is 4.98 Å². The molecule has 0 radical (unpaired) electrons. The summed E-state index contributed by atoms with van der Waals surface area (Å²) in [6, 6.07) is 9.33. The van der Waals surface area contributed by atoms with Gasteiger partial charge < -0.3 is 9.13 Å². The van der Waals surface area contributed by atoms with Crippen LogP contribution in [0, 0.1) is 6.92 Å². The van der Waals surface area contributed by atoms with Crippen LogP contribution >= 0.6 is 0 Å². The maximum atomic E-state index is 4.72. The summed E-state index contributed by atoms with van der Waals surface area (Å²) in [7, 11) is 2.15. The first-order valence-corrected chi connectivity index (χ1v) is 9.49. The first-order valence-electron chi connectivity index (χ1n) is 9.49. The molecule has 2 aromatic heterocycles. The molecule has 5 rings (SSSR count). The molecule has 1 saturated heterocycles. The van der Waals surface area contributed by atoms with Crippen LogP contribution in [0.5, 0.6) is 0 Å². The van der Waals surface area contributed by atoms with Gasteiger partial charge in [0.05, 0.1) is 0 Å². The number of imidazole rings is 1. The number of aryl methyl sites for hydroxylation is 2. The Labute approximate surface area is 149 Å². The minimum Gasteiger partial charge on any atom is -0.350 e. The Morgan fingerprint density at radius 2 is 2.00 bits per heavy atom. The average Bonchev–Trinajstić information content (AvgIpc) is 3.12. The summed E-state index contributed by atoms with van der Waals surface area (Å²) >= 11 is 0. The molecule has 0 N–H and O–H groups in total. The van der Waals surface area contributed by atoms with Crippen LogP contribution in [-0.2, 0) is 13.6 Å². The third kappa shape index (κ3) is 2.60. The molecular weight excluding hydrogens is 308 g/mol. The molecule has 4 nitrogen and oxygen atoms in total. The molecule has 1 aromatic carbocycles. The number of hydrogen-bond acceptors (Lipinski definition) is 2. The molecule has 1 aliphatic heterocycles. The van der Waals surface area contributed by atoms with Crippen molar-refractivity contribution in [3.8, 4) is 0 Å². The normalized spacial score (nSPS) is 21.4. The number of aromatic nitrogens is 3. The zero-order chi connectivity index (χ0) is 17.0. The molecule has 0 amide bonds. The molecule has 0 spiro atoms. The number of benzene rings is 1. The first-order chi connectivity index (χ1) is 12.2. The number of para-hydroxylation sites is 1. The van der Waals surface area contributed by atoms with Crippen molar-refractivity contribution in [1.82, 2.24) is 19.0 Å². The molecule has 4 heteroatoms. The highest BCUT2D eigenvalue weighted by Crippen LogP contribution is 2.41. The Balaban J connectivity index is 1.37. The second kappa shape index (κ2) is 5.73. The lowest BCUT2D eigenvalue weighted by atomic mass is 10.1. The van der Waals surface area contributed by atoms with Gasteiger partial charge in [0.1, 0.15) is 5.82 Å². The molecule has 2 fully saturated rings. The second-order valence-electron chi connectivity index (χ2n) is 7.86. The first kappa shape index (κ1) is 15.2. The summed E-state index contributed by atoms with van der Waals surface area (Å²) in [5, 5.41) is 1.39. The predicted octanol–water partition coefficient (Wildman–Crippen LogP) is 4.01. The fraction of sp³-hybridized carbons (Fsp3) is 0.476. The SMILES string of the molecule is Cc1cnc(C2CC2)n1C1CCN(Cc2cn(C)c3ccccc23)C1. The molecule has 0 bridgehead atoms. The average molecular weight is 334 g/mol. The van der Waals surface area contributed by atoms with Crippen LogP contribution in [0.1, 0.15) is 48.3 Å². The van der Waals surface area contributed by atoms with Gasteiger partial charge in [-0.2, -0.15) is 0 Å². The molecule has 1 aliphatic carbocycles. The summed E-state index contributed by atoms with van der Waals surface area (Å²) < 4.78 is 4.80. The van der Waals surface area contributed by atoms with E-state index in [-0.39, 0.29) is 0 Å². The summed E-state index contributed by atoms with van der Waals surface area (Å²) in [4.78, 5) is 7.33. The maximum Gasteiger partial charge on any atom is 0.112 e. The third-order valence-corrected chi connectivity index (χ3v) is 5.94. The Morgan fingerprint density at radius 3 is 2.84 bits per heavy atom. The van der Waals surface area contributed by atoms with Gasteiger partial charge in [-0.3, -0.25) is 4.90 Å². The number of rotatable bonds is 4. The quantitative estimate of drug-likeness (QED) is 0.720. The molecule has 2 aliphatic rings. The molecule has 3 heterocycles. The van der Waals surface area contributed by atoms with Crippen LogP contribution in [0.3, 0.4) is 0 Å². The van der Waals surface area contributed by atoms with E-state index in [0.29, 0.717) is 6.04 Å². The lowest BCUT2D eigenvalue weighted by molar-refractivity contribution is 0.315. The molecule has 1 atom stereocenters. The largest absolute Gasteiger partial charge is 0.350 e. The van der Waals surface area contributed by atoms with E-state index in [1.807, 2.05) is 0 Å². The van der Waals surface area contributed by atoms with Crippen molar-refractivity contribution < 1.29 is 0 Å². The lowest BCUT2D eigenvalue weighted by Crippen LogP contribution is -2.22. The van der Waals surface area contributed by atoms with Gasteiger partial charge in [0.15, 0.2) is 0 Å². The van der Waals surface area contributed by atoms with Gasteiger partial charge in [-0.05, 0) is 37.8 Å². The summed E-state index contributed by atoms with van der Waals surface area (Å²) in [5.41, 5.74) is 4.11. The van der Waals surface area contributed by atoms with E-state index < -0.39 is 0 Å². The van der Waals surface area contributed by atoms with Gasteiger partial charge in [0.2, 0.25) is 0 Å². The zero-order valence-electron chi connectivity index (χ0n) is 15.2. The van der Waals surface area contributed by atoms with E-state index in [9.17, 15) is 0 Å². The second-order valence-corrected chi connectivity index (χ2v) is 7.86. The highest BCUT2D eigenvalue weighted by molar-refractivity contribution is 5.83. The van der Waals surface area contributed by atoms with Crippen molar-refractivity contribution in [2.75, 3.05) is 13.1 Å². The number of likely N-dealkylation sites (tertiary alicyclic amines) is 1. The van der Waals surface area contributed by atoms with Crippen LogP contribution in [0.15, 0.2) is 36.7 Å². The standard InChI is InChI=1S/C21H26N4/c1-15-11-22-21(16-7-8-16)25(15)18-9-10-24(14-18)13-17-12-23(2)20-6-4-3-5-19(17)20/h3-6,11-12,16,18H,7-10,13-14H2,1-2H3. The Morgan fingerprint density at radius 1 is 1.16 bits per heavy atom. The van der Waals surface area contributed by atoms with Crippen LogP contribution in [-0.4, -0.2) is 32.1 Å². The summed E-state index contributed by atoms with van der Waals surface area (Å²) in [6.45, 7) is 5.58. The minimum atomic E-state index is 0.591. The van der Waals surface area contributed by atoms with E-state index in [1.54, 1.807) is 0 Å². The number of nitrogens with zero attached hydrogens (tertiary/aromatic N) is 4. The molecular formula is C21H26N4. The number of fused-ring (bicyclic) bond motifs is 1. The fourth-order valence-electron chi connectivity index (χ4n) is 4.54. The van der Waals surface area contributed by atoms with Gasteiger partial charge in [-0.25, -0.2) is 4.98 Å². The smallest absolute Gasteiger partial charge is 0.112 e. The van der Waals surface area contributed by atoms with Crippen LogP contribution < -0.4 is 0 Å². The summed E-state index contributed by atoms with van der Waals surface area (Å²) in [6.07, 6.45) is 8.25. The molecule has 25 heavy (non-hydrogen) atoms. The highest BCUT2D eigenvalue weighted by Gasteiger charge is 2.33. The third-order valence-electron chi connectivity index (χ3n) is 5.94. The summed E-state index contributed by atoms with van der Waals surface area (Å²) in [5.74, 6) is 2.07. The molecule has 1 saturated carbocycles. The van der Waals surface area contributed by atoms with Crippen LogP contribution in [0.25, 0.3) is 10.9 Å². The zero-order valence-corrected chi connectivity index (χ0v) is 15.2. The topological polar surface area (TPSA) is 26.0 Å². The van der Waals surface area contributed by atoms with E-state index in [1.165, 1.54) is 53.8 Å². The predicted molar refractivity (Wildman–Crippen MR) is 101 cm³/mol. The van der Waals surface area contributed by atoms with Gasteiger partial charge in [-0.1, -0.05) is 18.2 Å². The molecule has 1 unspecified atom stereocenters. The highest BCUT2D eigenvalue weighted by atomic mass is 15.2. The van der Waals surface area contributed by atoms with Crippen molar-refractivity contribution >= 4 is 10.9 Å². The lowest BCUT2D eigenvalue weighted by Gasteiger charge is -2.19. The molecule has 3 aromatic rings. The Kier molecular flexibility index (Phi) is 3.49.